The fourth-order valence-electron chi connectivity index (χ4n) is 14.9. The SMILES string of the molecule is CC(C)C(C)C(=O)N1C(c2ncc(-c3ccc(C4=CC=C(c5ccc(-c6cnc(C7CC8CC8N7C(=O)C(C)C(C)C)[nH]6)c6c5C5CCC6C5)C5C6CCC(C6)C45)cc3)[nH]2)CC2CC21. The number of nitrogens with one attached hydrogen (secondary N) is 2. The summed E-state index contributed by atoms with van der Waals surface area (Å²) in [6.45, 7) is 12.8. The number of hydrogen-bond donors (Lipinski definition) is 2. The Kier molecular flexibility index (Phi) is 8.91. The summed E-state index contributed by atoms with van der Waals surface area (Å²) >= 11 is 0. The van der Waals surface area contributed by atoms with Gasteiger partial charge in [-0.3, -0.25) is 9.59 Å². The van der Waals surface area contributed by atoms with Gasteiger partial charge in [0.05, 0.1) is 35.9 Å². The number of imidazole rings is 2. The van der Waals surface area contributed by atoms with Crippen LogP contribution in [0.1, 0.15) is 164 Å². The molecular weight excluding hydrogens is 789 g/mol. The highest BCUT2D eigenvalue weighted by Crippen LogP contribution is 2.65. The van der Waals surface area contributed by atoms with Crippen molar-refractivity contribution < 1.29 is 9.59 Å². The summed E-state index contributed by atoms with van der Waals surface area (Å²) in [5.74, 6) is 8.31. The number of piperidine rings is 2. The van der Waals surface area contributed by atoms with Crippen LogP contribution >= 0.6 is 0 Å². The second-order valence-corrected chi connectivity index (χ2v) is 23.0. The number of fused-ring (bicyclic) bond motifs is 12. The Balaban J connectivity index is 0.794. The van der Waals surface area contributed by atoms with Crippen molar-refractivity contribution in [1.29, 1.82) is 0 Å². The molecule has 2 amide bonds. The van der Waals surface area contributed by atoms with Gasteiger partial charge in [0.25, 0.3) is 0 Å². The van der Waals surface area contributed by atoms with Crippen molar-refractivity contribution in [1.82, 2.24) is 29.7 Å². The average molecular weight is 855 g/mol. The van der Waals surface area contributed by atoms with Gasteiger partial charge in [0.2, 0.25) is 11.8 Å². The van der Waals surface area contributed by atoms with E-state index in [1.165, 1.54) is 60.8 Å². The predicted octanol–water partition coefficient (Wildman–Crippen LogP) is 11.9. The van der Waals surface area contributed by atoms with Crippen LogP contribution in [0.25, 0.3) is 33.7 Å². The largest absolute Gasteiger partial charge is 0.340 e. The zero-order valence-corrected chi connectivity index (χ0v) is 38.7. The molecule has 14 atom stereocenters. The molecule has 2 N–H and O–H groups in total. The summed E-state index contributed by atoms with van der Waals surface area (Å²) in [6.07, 6.45) is 21.3. The molecule has 7 fully saturated rings. The lowest BCUT2D eigenvalue weighted by atomic mass is 9.65. The standard InChI is InChI=1S/C56H66N6O2/c1-27(2)29(5)55(63)61-45-21-37(45)23-47(61)53-57-25-43(59-53)32-9-7-31(8-10-32)39-15-16-40(50-34-12-11-33(19-34)49(39)50)41-17-18-42(52-36-14-13-35(20-36)51(41)52)44-26-58-54(60-44)48-24-38-22-46(38)62(48)56(64)30(6)28(3)4/h7-10,15-18,25-30,33-38,45-50H,11-14,19-24H2,1-6H3,(H,57,59)(H,58,60). The van der Waals surface area contributed by atoms with Crippen molar-refractivity contribution in [3.8, 4) is 22.5 Å². The van der Waals surface area contributed by atoms with E-state index in [1.807, 2.05) is 6.20 Å². The number of hydrogen-bond acceptors (Lipinski definition) is 4. The normalized spacial score (nSPS) is 34.5. The smallest absolute Gasteiger partial charge is 0.226 e. The zero-order chi connectivity index (χ0) is 43.4. The molecule has 4 bridgehead atoms. The number of carbonyl (C=O) groups excluding carboxylic acids is 2. The van der Waals surface area contributed by atoms with Gasteiger partial charge in [0.15, 0.2) is 0 Å². The monoisotopic (exact) mass is 855 g/mol. The number of allylic oxidation sites excluding steroid dienone is 4. The van der Waals surface area contributed by atoms with E-state index in [0.29, 0.717) is 65.3 Å². The van der Waals surface area contributed by atoms with Gasteiger partial charge >= 0.3 is 0 Å². The molecule has 4 aromatic rings. The topological polar surface area (TPSA) is 98.0 Å². The van der Waals surface area contributed by atoms with Crippen LogP contribution < -0.4 is 0 Å². The van der Waals surface area contributed by atoms with E-state index in [1.54, 1.807) is 16.7 Å². The Morgan fingerprint density at radius 1 is 0.547 bits per heavy atom. The fraction of sp³-hybridized carbons (Fsp3) is 0.571. The van der Waals surface area contributed by atoms with E-state index < -0.39 is 0 Å². The van der Waals surface area contributed by atoms with Gasteiger partial charge in [-0.25, -0.2) is 9.97 Å². The van der Waals surface area contributed by atoms with Crippen molar-refractivity contribution >= 4 is 23.0 Å². The molecule has 332 valence electrons. The third-order valence-corrected chi connectivity index (χ3v) is 19.1. The van der Waals surface area contributed by atoms with Crippen molar-refractivity contribution in [2.45, 2.75) is 142 Å². The molecule has 2 aromatic heterocycles. The first-order valence-electron chi connectivity index (χ1n) is 25.5. The van der Waals surface area contributed by atoms with E-state index >= 15 is 0 Å². The number of benzene rings is 2. The quantitative estimate of drug-likeness (QED) is 0.166. The highest BCUT2D eigenvalue weighted by Gasteiger charge is 2.57. The maximum Gasteiger partial charge on any atom is 0.226 e. The van der Waals surface area contributed by atoms with Gasteiger partial charge < -0.3 is 19.8 Å². The Hall–Kier alpha value is -4.72. The predicted molar refractivity (Wildman–Crippen MR) is 251 cm³/mol. The molecule has 2 aromatic carbocycles. The lowest BCUT2D eigenvalue weighted by molar-refractivity contribution is -0.139. The molecule has 2 aliphatic heterocycles. The zero-order valence-electron chi connectivity index (χ0n) is 38.7. The van der Waals surface area contributed by atoms with E-state index in [-0.39, 0.29) is 29.8 Å². The lowest BCUT2D eigenvalue weighted by Crippen LogP contribution is -2.39. The minimum Gasteiger partial charge on any atom is -0.340 e. The third-order valence-electron chi connectivity index (χ3n) is 19.1. The second-order valence-electron chi connectivity index (χ2n) is 23.0. The lowest BCUT2D eigenvalue weighted by Gasteiger charge is -2.38. The van der Waals surface area contributed by atoms with E-state index in [9.17, 15) is 9.59 Å². The third kappa shape index (κ3) is 5.91. The fourth-order valence-corrected chi connectivity index (χ4v) is 14.9. The number of likely N-dealkylation sites (tertiary alicyclic amines) is 2. The molecule has 0 spiro atoms. The molecule has 0 radical (unpaired) electrons. The van der Waals surface area contributed by atoms with Gasteiger partial charge in [-0.2, -0.15) is 0 Å². The number of carbonyl (C=O) groups is 2. The van der Waals surface area contributed by atoms with Gasteiger partial charge in [-0.1, -0.05) is 90.1 Å². The van der Waals surface area contributed by atoms with E-state index in [2.05, 4.69) is 116 Å². The number of aromatic amines is 2. The van der Waals surface area contributed by atoms with Crippen LogP contribution in [0.5, 0.6) is 0 Å². The van der Waals surface area contributed by atoms with Crippen LogP contribution in [0.3, 0.4) is 0 Å². The Morgan fingerprint density at radius 2 is 1.05 bits per heavy atom. The molecule has 4 heterocycles. The maximum absolute atomic E-state index is 13.8. The van der Waals surface area contributed by atoms with Crippen LogP contribution in [-0.2, 0) is 9.59 Å². The number of amides is 2. The van der Waals surface area contributed by atoms with Gasteiger partial charge in [-0.15, -0.1) is 0 Å². The van der Waals surface area contributed by atoms with E-state index in [0.717, 1.165) is 66.1 Å². The average Bonchev–Trinajstić information content (AvgIpc) is 3.93. The summed E-state index contributed by atoms with van der Waals surface area (Å²) in [7, 11) is 0. The Labute approximate surface area is 379 Å². The number of H-pyrrole nitrogens is 2. The van der Waals surface area contributed by atoms with Crippen molar-refractivity contribution in [2.24, 2.45) is 59.2 Å². The second kappa shape index (κ2) is 14.4. The summed E-state index contributed by atoms with van der Waals surface area (Å²) in [4.78, 5) is 49.2. The van der Waals surface area contributed by atoms with Crippen LogP contribution in [0.2, 0.25) is 0 Å². The van der Waals surface area contributed by atoms with Gasteiger partial charge in [0, 0.05) is 29.5 Å². The number of rotatable bonds is 10. The molecular formula is C56H66N6O2. The van der Waals surface area contributed by atoms with Crippen molar-refractivity contribution in [3.63, 3.8) is 0 Å². The molecule has 13 rings (SSSR count). The van der Waals surface area contributed by atoms with Crippen LogP contribution in [0, 0.1) is 59.2 Å². The van der Waals surface area contributed by atoms with Gasteiger partial charge in [0.1, 0.15) is 11.6 Å². The summed E-state index contributed by atoms with van der Waals surface area (Å²) in [5.41, 5.74) is 13.9. The molecule has 8 heteroatoms. The van der Waals surface area contributed by atoms with Crippen molar-refractivity contribution in [2.75, 3.05) is 0 Å². The molecule has 7 aliphatic carbocycles. The Bertz CT molecular complexity index is 2630. The van der Waals surface area contributed by atoms with Crippen LogP contribution in [0.4, 0.5) is 0 Å². The molecule has 64 heavy (non-hydrogen) atoms. The maximum atomic E-state index is 13.8. The summed E-state index contributed by atoms with van der Waals surface area (Å²) < 4.78 is 0. The van der Waals surface area contributed by atoms with Gasteiger partial charge in [-0.05, 0) is 162 Å². The minimum atomic E-state index is 0.0222. The minimum absolute atomic E-state index is 0.0222. The van der Waals surface area contributed by atoms with Crippen LogP contribution in [0.15, 0.2) is 60.9 Å². The highest BCUT2D eigenvalue weighted by molar-refractivity contribution is 5.86. The summed E-state index contributed by atoms with van der Waals surface area (Å²) in [6, 6.07) is 15.1. The molecule has 2 saturated heterocycles. The number of nitrogens with zero attached hydrogens (tertiary/aromatic N) is 4. The molecule has 8 nitrogen and oxygen atoms in total. The molecule has 5 saturated carbocycles. The summed E-state index contributed by atoms with van der Waals surface area (Å²) in [5, 5.41) is 0. The Morgan fingerprint density at radius 3 is 1.64 bits per heavy atom. The first-order chi connectivity index (χ1) is 31.0. The first-order valence-corrected chi connectivity index (χ1v) is 25.5. The van der Waals surface area contributed by atoms with Crippen molar-refractivity contribution in [3.05, 3.63) is 94.8 Å². The highest BCUT2D eigenvalue weighted by atomic mass is 16.2. The molecule has 14 unspecified atom stereocenters. The molecule has 9 aliphatic rings. The first kappa shape index (κ1) is 39.6. The van der Waals surface area contributed by atoms with E-state index in [4.69, 9.17) is 9.97 Å². The number of aromatic nitrogens is 4. The van der Waals surface area contributed by atoms with Crippen LogP contribution in [-0.4, -0.2) is 53.6 Å².